The van der Waals surface area contributed by atoms with Gasteiger partial charge < -0.3 is 14.2 Å². The van der Waals surface area contributed by atoms with E-state index in [4.69, 9.17) is 14.2 Å². The third-order valence-electron chi connectivity index (χ3n) is 6.56. The highest BCUT2D eigenvalue weighted by Crippen LogP contribution is 2.59. The minimum absolute atomic E-state index is 0.0655. The fraction of sp³-hybridized carbons (Fsp3) is 0.800. The fourth-order valence-corrected chi connectivity index (χ4v) is 4.58. The van der Waals surface area contributed by atoms with Crippen LogP contribution in [0, 0.1) is 0 Å². The van der Waals surface area contributed by atoms with E-state index >= 15 is 0 Å². The molecule has 0 amide bonds. The molecule has 3 nitrogen and oxygen atoms in total. The van der Waals surface area contributed by atoms with E-state index in [2.05, 4.69) is 39.8 Å². The predicted molar refractivity (Wildman–Crippen MR) is 90.5 cm³/mol. The Morgan fingerprint density at radius 2 is 1.91 bits per heavy atom. The van der Waals surface area contributed by atoms with Crippen LogP contribution in [-0.4, -0.2) is 35.6 Å². The van der Waals surface area contributed by atoms with E-state index in [1.54, 1.807) is 0 Å². The molecule has 3 heterocycles. The Hall–Kier alpha value is -0.640. The van der Waals surface area contributed by atoms with Crippen molar-refractivity contribution in [3.8, 4) is 0 Å². The molecule has 0 radical (unpaired) electrons. The number of allylic oxidation sites excluding steroid dienone is 3. The van der Waals surface area contributed by atoms with Gasteiger partial charge in [-0.15, -0.1) is 0 Å². The van der Waals surface area contributed by atoms with Crippen LogP contribution in [-0.2, 0) is 14.2 Å². The molecule has 1 spiro atoms. The van der Waals surface area contributed by atoms with Gasteiger partial charge in [0.1, 0.15) is 17.3 Å². The molecule has 3 fully saturated rings. The van der Waals surface area contributed by atoms with Crippen molar-refractivity contribution < 1.29 is 14.2 Å². The molecule has 0 unspecified atom stereocenters. The summed E-state index contributed by atoms with van der Waals surface area (Å²) in [6.07, 6.45) is 11.9. The second kappa shape index (κ2) is 5.18. The Kier molecular flexibility index (Phi) is 3.57. The van der Waals surface area contributed by atoms with Crippen LogP contribution in [0.4, 0.5) is 0 Å². The van der Waals surface area contributed by atoms with Crippen molar-refractivity contribution in [1.29, 1.82) is 0 Å². The van der Waals surface area contributed by atoms with Crippen molar-refractivity contribution in [3.05, 3.63) is 23.3 Å². The van der Waals surface area contributed by atoms with Crippen molar-refractivity contribution in [2.24, 2.45) is 0 Å². The molecule has 128 valence electrons. The predicted octanol–water partition coefficient (Wildman–Crippen LogP) is 4.32. The standard InChI is InChI=1S/C20H30O3/c1-14-6-5-10-18(3)16(22-18)8-7-15(2)12-17-20(11-9-14)19(4,23-20)13-21-17/h6,12,16-17H,5,7-11,13H2,1-4H3/b14-6+,15-12+/t16-,17-,18-,19+,20-/m0/s1. The summed E-state index contributed by atoms with van der Waals surface area (Å²) < 4.78 is 18.3. The molecule has 4 aliphatic rings. The van der Waals surface area contributed by atoms with E-state index in [9.17, 15) is 0 Å². The molecule has 0 aromatic rings. The van der Waals surface area contributed by atoms with Gasteiger partial charge in [0.15, 0.2) is 0 Å². The zero-order valence-electron chi connectivity index (χ0n) is 15.0. The Labute approximate surface area is 140 Å². The Bertz CT molecular complexity index is 565. The summed E-state index contributed by atoms with van der Waals surface area (Å²) >= 11 is 0. The zero-order valence-corrected chi connectivity index (χ0v) is 15.0. The van der Waals surface area contributed by atoms with Crippen molar-refractivity contribution in [1.82, 2.24) is 0 Å². The van der Waals surface area contributed by atoms with E-state index in [1.807, 2.05) is 0 Å². The number of hydrogen-bond donors (Lipinski definition) is 0. The van der Waals surface area contributed by atoms with Crippen molar-refractivity contribution >= 4 is 0 Å². The third-order valence-corrected chi connectivity index (χ3v) is 6.56. The Morgan fingerprint density at radius 3 is 2.70 bits per heavy atom. The molecule has 0 saturated carbocycles. The lowest BCUT2D eigenvalue weighted by molar-refractivity contribution is 0.00903. The molecule has 3 aliphatic heterocycles. The zero-order chi connectivity index (χ0) is 16.3. The normalized spacial score (nSPS) is 54.4. The summed E-state index contributed by atoms with van der Waals surface area (Å²) in [5.74, 6) is 0. The molecular weight excluding hydrogens is 288 g/mol. The summed E-state index contributed by atoms with van der Waals surface area (Å²) in [4.78, 5) is 0. The highest BCUT2D eigenvalue weighted by molar-refractivity contribution is 5.28. The molecule has 23 heavy (non-hydrogen) atoms. The molecule has 0 bridgehead atoms. The maximum atomic E-state index is 6.21. The average molecular weight is 318 g/mol. The maximum Gasteiger partial charge on any atom is 0.130 e. The van der Waals surface area contributed by atoms with Gasteiger partial charge in [0.05, 0.1) is 18.3 Å². The minimum Gasteiger partial charge on any atom is -0.368 e. The van der Waals surface area contributed by atoms with Crippen molar-refractivity contribution in [3.63, 3.8) is 0 Å². The maximum absolute atomic E-state index is 6.21. The lowest BCUT2D eigenvalue weighted by Gasteiger charge is -2.19. The summed E-state index contributed by atoms with van der Waals surface area (Å²) in [6.45, 7) is 9.69. The molecule has 3 saturated heterocycles. The lowest BCUT2D eigenvalue weighted by Crippen LogP contribution is -2.29. The molecule has 5 atom stereocenters. The van der Waals surface area contributed by atoms with Gasteiger partial charge >= 0.3 is 0 Å². The van der Waals surface area contributed by atoms with Crippen LogP contribution < -0.4 is 0 Å². The first-order valence-electron chi connectivity index (χ1n) is 9.19. The molecule has 4 rings (SSSR count). The Morgan fingerprint density at radius 1 is 1.09 bits per heavy atom. The molecule has 3 heteroatoms. The van der Waals surface area contributed by atoms with E-state index in [0.29, 0.717) is 6.10 Å². The fourth-order valence-electron chi connectivity index (χ4n) is 4.58. The number of ether oxygens (including phenoxy) is 3. The molecular formula is C20H30O3. The van der Waals surface area contributed by atoms with Gasteiger partial charge in [-0.2, -0.15) is 0 Å². The lowest BCUT2D eigenvalue weighted by atomic mass is 9.85. The first kappa shape index (κ1) is 15.9. The van der Waals surface area contributed by atoms with Crippen LogP contribution in [0.2, 0.25) is 0 Å². The summed E-state index contributed by atoms with van der Waals surface area (Å²) in [5, 5.41) is 0. The van der Waals surface area contributed by atoms with Gasteiger partial charge in [-0.1, -0.05) is 23.3 Å². The largest absolute Gasteiger partial charge is 0.368 e. The Balaban J connectivity index is 1.55. The SMILES string of the molecule is C/C1=C\[C@@H]2OC[C@@]3(C)O[C@@]23CC/C(C)=C/CC[C@]2(C)O[C@H]2CC1. The quantitative estimate of drug-likeness (QED) is 0.493. The van der Waals surface area contributed by atoms with Crippen LogP contribution in [0.1, 0.15) is 66.2 Å². The molecule has 0 N–H and O–H groups in total. The van der Waals surface area contributed by atoms with Gasteiger partial charge in [-0.25, -0.2) is 0 Å². The van der Waals surface area contributed by atoms with Gasteiger partial charge in [-0.3, -0.25) is 0 Å². The second-order valence-electron chi connectivity index (χ2n) is 8.51. The number of rotatable bonds is 0. The molecule has 0 aromatic heterocycles. The third kappa shape index (κ3) is 2.61. The number of epoxide rings is 2. The van der Waals surface area contributed by atoms with E-state index in [1.165, 1.54) is 11.1 Å². The van der Waals surface area contributed by atoms with Crippen molar-refractivity contribution in [2.75, 3.05) is 6.61 Å². The topological polar surface area (TPSA) is 34.3 Å². The van der Waals surface area contributed by atoms with E-state index in [-0.39, 0.29) is 22.9 Å². The average Bonchev–Trinajstić information content (AvgIpc) is 3.30. The summed E-state index contributed by atoms with van der Waals surface area (Å²) in [5.41, 5.74) is 2.85. The number of hydrogen-bond acceptors (Lipinski definition) is 3. The smallest absolute Gasteiger partial charge is 0.130 e. The van der Waals surface area contributed by atoms with Crippen LogP contribution in [0.3, 0.4) is 0 Å². The highest BCUT2D eigenvalue weighted by atomic mass is 16.7. The van der Waals surface area contributed by atoms with Gasteiger partial charge in [-0.05, 0) is 66.2 Å². The van der Waals surface area contributed by atoms with Crippen molar-refractivity contribution in [2.45, 2.75) is 95.2 Å². The highest BCUT2D eigenvalue weighted by Gasteiger charge is 2.74. The minimum atomic E-state index is -0.0852. The van der Waals surface area contributed by atoms with Gasteiger partial charge in [0, 0.05) is 0 Å². The first-order chi connectivity index (χ1) is 10.9. The monoisotopic (exact) mass is 318 g/mol. The van der Waals surface area contributed by atoms with Gasteiger partial charge in [0.2, 0.25) is 0 Å². The van der Waals surface area contributed by atoms with E-state index < -0.39 is 0 Å². The van der Waals surface area contributed by atoms with Crippen LogP contribution in [0.25, 0.3) is 0 Å². The van der Waals surface area contributed by atoms with E-state index in [0.717, 1.165) is 45.1 Å². The van der Waals surface area contributed by atoms with Crippen LogP contribution in [0.15, 0.2) is 23.3 Å². The van der Waals surface area contributed by atoms with Crippen LogP contribution in [0.5, 0.6) is 0 Å². The summed E-state index contributed by atoms with van der Waals surface area (Å²) in [7, 11) is 0. The summed E-state index contributed by atoms with van der Waals surface area (Å²) in [6, 6.07) is 0. The van der Waals surface area contributed by atoms with Gasteiger partial charge in [0.25, 0.3) is 0 Å². The first-order valence-corrected chi connectivity index (χ1v) is 9.19. The number of fused-ring (bicyclic) bond motifs is 1. The molecule has 1 aliphatic carbocycles. The van der Waals surface area contributed by atoms with Crippen LogP contribution >= 0.6 is 0 Å². The molecule has 0 aromatic carbocycles. The second-order valence-corrected chi connectivity index (χ2v) is 8.51.